The number of rotatable bonds is 5. The van der Waals surface area contributed by atoms with Gasteiger partial charge in [-0.2, -0.15) is 5.10 Å². The first-order valence-electron chi connectivity index (χ1n) is 9.71. The molecule has 0 aliphatic carbocycles. The minimum absolute atomic E-state index is 0.158. The molecule has 31 heavy (non-hydrogen) atoms. The standard InChI is InChI=1S/C21H19F3N4O3/c22-21(23,24)31-15-9-7-14(8-10-15)25-18(29)13-28-17-6-2-1-5-16(17)19(26-28)20(30)27-11-3-4-12-27/h1-2,5-10H,3-4,11-13H2,(H,25,29). The van der Waals surface area contributed by atoms with Crippen molar-refractivity contribution in [3.63, 3.8) is 0 Å². The molecule has 1 aromatic heterocycles. The van der Waals surface area contributed by atoms with Gasteiger partial charge in [0.25, 0.3) is 5.91 Å². The fraction of sp³-hybridized carbons (Fsp3) is 0.286. The molecular weight excluding hydrogens is 413 g/mol. The molecule has 2 amide bonds. The summed E-state index contributed by atoms with van der Waals surface area (Å²) in [7, 11) is 0. The Balaban J connectivity index is 1.49. The summed E-state index contributed by atoms with van der Waals surface area (Å²) in [6, 6.07) is 12.0. The molecule has 2 heterocycles. The van der Waals surface area contributed by atoms with Gasteiger partial charge in [0, 0.05) is 24.2 Å². The second kappa shape index (κ2) is 8.29. The van der Waals surface area contributed by atoms with Crippen LogP contribution in [-0.4, -0.2) is 45.9 Å². The summed E-state index contributed by atoms with van der Waals surface area (Å²) in [5.41, 5.74) is 1.26. The number of hydrogen-bond acceptors (Lipinski definition) is 4. The summed E-state index contributed by atoms with van der Waals surface area (Å²) in [5, 5.41) is 7.66. The SMILES string of the molecule is O=C(Cn1nc(C(=O)N2CCCC2)c2ccccc21)Nc1ccc(OC(F)(F)F)cc1. The highest BCUT2D eigenvalue weighted by molar-refractivity contribution is 6.05. The number of anilines is 1. The summed E-state index contributed by atoms with van der Waals surface area (Å²) < 4.78 is 42.0. The quantitative estimate of drug-likeness (QED) is 0.665. The third-order valence-corrected chi connectivity index (χ3v) is 4.92. The molecule has 0 unspecified atom stereocenters. The van der Waals surface area contributed by atoms with Gasteiger partial charge in [0.2, 0.25) is 5.91 Å². The number of benzene rings is 2. The number of hydrogen-bond donors (Lipinski definition) is 1. The van der Waals surface area contributed by atoms with E-state index in [9.17, 15) is 22.8 Å². The number of amides is 2. The molecule has 0 spiro atoms. The summed E-state index contributed by atoms with van der Waals surface area (Å²) in [6.45, 7) is 1.22. The van der Waals surface area contributed by atoms with Gasteiger partial charge in [-0.3, -0.25) is 14.3 Å². The van der Waals surface area contributed by atoms with Gasteiger partial charge in [-0.15, -0.1) is 13.2 Å². The van der Waals surface area contributed by atoms with Crippen LogP contribution in [0.15, 0.2) is 48.5 Å². The first-order valence-corrected chi connectivity index (χ1v) is 9.71. The Bertz CT molecular complexity index is 1100. The summed E-state index contributed by atoms with van der Waals surface area (Å²) in [5.74, 6) is -0.973. The molecule has 1 aliphatic heterocycles. The number of carbonyl (C=O) groups excluding carboxylic acids is 2. The number of halogens is 3. The number of nitrogens with one attached hydrogen (secondary N) is 1. The first kappa shape index (κ1) is 20.7. The van der Waals surface area contributed by atoms with Crippen LogP contribution in [0.2, 0.25) is 0 Å². The van der Waals surface area contributed by atoms with E-state index in [1.807, 2.05) is 0 Å². The van der Waals surface area contributed by atoms with Crippen molar-refractivity contribution in [2.24, 2.45) is 0 Å². The van der Waals surface area contributed by atoms with E-state index in [0.717, 1.165) is 25.0 Å². The van der Waals surface area contributed by atoms with E-state index >= 15 is 0 Å². The van der Waals surface area contributed by atoms with E-state index in [-0.39, 0.29) is 18.2 Å². The number of alkyl halides is 3. The molecule has 1 N–H and O–H groups in total. The van der Waals surface area contributed by atoms with Crippen molar-refractivity contribution >= 4 is 28.4 Å². The monoisotopic (exact) mass is 432 g/mol. The van der Waals surface area contributed by atoms with Gasteiger partial charge in [-0.05, 0) is 43.2 Å². The van der Waals surface area contributed by atoms with Gasteiger partial charge in [-0.25, -0.2) is 0 Å². The smallest absolute Gasteiger partial charge is 0.406 e. The minimum Gasteiger partial charge on any atom is -0.406 e. The first-order chi connectivity index (χ1) is 14.8. The van der Waals surface area contributed by atoms with Gasteiger partial charge in [0.15, 0.2) is 5.69 Å². The van der Waals surface area contributed by atoms with E-state index in [0.29, 0.717) is 35.4 Å². The molecule has 1 aliphatic rings. The molecule has 7 nitrogen and oxygen atoms in total. The third-order valence-electron chi connectivity index (χ3n) is 4.92. The number of para-hydroxylation sites is 1. The lowest BCUT2D eigenvalue weighted by atomic mass is 10.2. The maximum absolute atomic E-state index is 12.8. The Hall–Kier alpha value is -3.56. The van der Waals surface area contributed by atoms with Crippen molar-refractivity contribution in [2.45, 2.75) is 25.7 Å². The Morgan fingerprint density at radius 2 is 1.71 bits per heavy atom. The van der Waals surface area contributed by atoms with Crippen LogP contribution in [-0.2, 0) is 11.3 Å². The molecule has 2 aromatic carbocycles. The maximum atomic E-state index is 12.8. The number of nitrogens with zero attached hydrogens (tertiary/aromatic N) is 3. The Kier molecular flexibility index (Phi) is 5.53. The lowest BCUT2D eigenvalue weighted by Gasteiger charge is -2.13. The molecule has 4 rings (SSSR count). The van der Waals surface area contributed by atoms with Crippen molar-refractivity contribution in [1.29, 1.82) is 0 Å². The highest BCUT2D eigenvalue weighted by atomic mass is 19.4. The Labute approximate surface area is 175 Å². The van der Waals surface area contributed by atoms with Crippen molar-refractivity contribution < 1.29 is 27.5 Å². The average molecular weight is 432 g/mol. The van der Waals surface area contributed by atoms with Gasteiger partial charge < -0.3 is 15.0 Å². The summed E-state index contributed by atoms with van der Waals surface area (Å²) >= 11 is 0. The van der Waals surface area contributed by atoms with Crippen LogP contribution in [0.5, 0.6) is 5.75 Å². The van der Waals surface area contributed by atoms with Crippen molar-refractivity contribution in [3.05, 3.63) is 54.2 Å². The fourth-order valence-electron chi connectivity index (χ4n) is 3.55. The van der Waals surface area contributed by atoms with Crippen LogP contribution < -0.4 is 10.1 Å². The van der Waals surface area contributed by atoms with Crippen molar-refractivity contribution in [3.8, 4) is 5.75 Å². The predicted molar refractivity (Wildman–Crippen MR) is 107 cm³/mol. The van der Waals surface area contributed by atoms with E-state index in [2.05, 4.69) is 15.2 Å². The number of ether oxygens (including phenoxy) is 1. The Morgan fingerprint density at radius 1 is 1.03 bits per heavy atom. The van der Waals surface area contributed by atoms with Crippen molar-refractivity contribution in [1.82, 2.24) is 14.7 Å². The van der Waals surface area contributed by atoms with Gasteiger partial charge >= 0.3 is 6.36 Å². The van der Waals surface area contributed by atoms with Crippen LogP contribution in [0.1, 0.15) is 23.3 Å². The highest BCUT2D eigenvalue weighted by Crippen LogP contribution is 2.24. The van der Waals surface area contributed by atoms with E-state index in [4.69, 9.17) is 0 Å². The molecular formula is C21H19F3N4O3. The van der Waals surface area contributed by atoms with Gasteiger partial charge in [0.05, 0.1) is 5.52 Å². The third kappa shape index (κ3) is 4.79. The average Bonchev–Trinajstić information content (AvgIpc) is 3.37. The fourth-order valence-corrected chi connectivity index (χ4v) is 3.55. The molecule has 0 radical (unpaired) electrons. The predicted octanol–water partition coefficient (Wildman–Crippen LogP) is 3.81. The molecule has 10 heteroatoms. The van der Waals surface area contributed by atoms with E-state index < -0.39 is 12.3 Å². The van der Waals surface area contributed by atoms with E-state index in [1.54, 1.807) is 29.2 Å². The van der Waals surface area contributed by atoms with Crippen LogP contribution in [0, 0.1) is 0 Å². The zero-order chi connectivity index (χ0) is 22.0. The molecule has 0 atom stereocenters. The summed E-state index contributed by atoms with van der Waals surface area (Å²) in [6.07, 6.45) is -2.87. The van der Waals surface area contributed by atoms with Crippen LogP contribution >= 0.6 is 0 Å². The highest BCUT2D eigenvalue weighted by Gasteiger charge is 2.31. The number of fused-ring (bicyclic) bond motifs is 1. The second-order valence-corrected chi connectivity index (χ2v) is 7.14. The largest absolute Gasteiger partial charge is 0.573 e. The summed E-state index contributed by atoms with van der Waals surface area (Å²) in [4.78, 5) is 27.1. The van der Waals surface area contributed by atoms with Gasteiger partial charge in [-0.1, -0.05) is 18.2 Å². The normalized spacial score (nSPS) is 14.1. The van der Waals surface area contributed by atoms with Gasteiger partial charge in [0.1, 0.15) is 12.3 Å². The van der Waals surface area contributed by atoms with Crippen LogP contribution in [0.25, 0.3) is 10.9 Å². The van der Waals surface area contributed by atoms with E-state index in [1.165, 1.54) is 16.8 Å². The maximum Gasteiger partial charge on any atom is 0.573 e. The lowest BCUT2D eigenvalue weighted by Crippen LogP contribution is -2.28. The number of likely N-dealkylation sites (tertiary alicyclic amines) is 1. The second-order valence-electron chi connectivity index (χ2n) is 7.14. The zero-order valence-corrected chi connectivity index (χ0v) is 16.4. The topological polar surface area (TPSA) is 76.5 Å². The number of carbonyl (C=O) groups is 2. The van der Waals surface area contributed by atoms with Crippen LogP contribution in [0.4, 0.5) is 18.9 Å². The Morgan fingerprint density at radius 3 is 2.39 bits per heavy atom. The molecule has 1 saturated heterocycles. The number of aromatic nitrogens is 2. The zero-order valence-electron chi connectivity index (χ0n) is 16.4. The molecule has 0 bridgehead atoms. The van der Waals surface area contributed by atoms with Crippen molar-refractivity contribution in [2.75, 3.05) is 18.4 Å². The minimum atomic E-state index is -4.78. The van der Waals surface area contributed by atoms with Crippen LogP contribution in [0.3, 0.4) is 0 Å². The lowest BCUT2D eigenvalue weighted by molar-refractivity contribution is -0.274. The molecule has 3 aromatic rings. The molecule has 1 fully saturated rings. The molecule has 0 saturated carbocycles. The molecule has 162 valence electrons.